The van der Waals surface area contributed by atoms with Crippen molar-refractivity contribution < 1.29 is 13.2 Å². The van der Waals surface area contributed by atoms with Gasteiger partial charge in [-0.3, -0.25) is 10.6 Å². The minimum atomic E-state index is -3.03. The van der Waals surface area contributed by atoms with Gasteiger partial charge in [-0.2, -0.15) is 0 Å². The Balaban J connectivity index is 2.14. The summed E-state index contributed by atoms with van der Waals surface area (Å²) in [7, 11) is -3.03. The summed E-state index contributed by atoms with van der Waals surface area (Å²) in [5, 5.41) is 3.09. The number of nitrogens with one attached hydrogen (secondary N) is 2. The van der Waals surface area contributed by atoms with E-state index in [-0.39, 0.29) is 17.5 Å². The molecular weight excluding hydrogens is 290 g/mol. The maximum atomic E-state index is 12.1. The average molecular weight is 304 g/mol. The van der Waals surface area contributed by atoms with Crippen LogP contribution in [0.5, 0.6) is 0 Å². The minimum Gasteiger partial charge on any atom is -0.348 e. The maximum Gasteiger partial charge on any atom is 0.253 e. The highest BCUT2D eigenvalue weighted by Gasteiger charge is 2.29. The van der Waals surface area contributed by atoms with Gasteiger partial charge in [-0.1, -0.05) is 11.6 Å². The molecule has 1 aliphatic rings. The van der Waals surface area contributed by atoms with E-state index in [9.17, 15) is 13.2 Å². The third-order valence-electron chi connectivity index (χ3n) is 2.95. The van der Waals surface area contributed by atoms with Crippen molar-refractivity contribution in [1.82, 2.24) is 5.32 Å². The predicted octanol–water partition coefficient (Wildman–Crippen LogP) is 0.542. The molecule has 1 aromatic rings. The number of nitrogens with two attached hydrogens (primary N) is 1. The van der Waals surface area contributed by atoms with Crippen molar-refractivity contribution in [3.05, 3.63) is 28.8 Å². The number of carbonyl (C=O) groups excluding carboxylic acids is 1. The molecule has 1 atom stereocenters. The standard InChI is InChI=1S/C11H14ClN3O3S/c12-7-1-2-10(15-13)9(5-7)11(16)14-8-3-4-19(17,18)6-8/h1-2,5,8,15H,3-4,6,13H2,(H,14,16). The van der Waals surface area contributed by atoms with E-state index >= 15 is 0 Å². The van der Waals surface area contributed by atoms with Crippen LogP contribution in [0.2, 0.25) is 5.02 Å². The number of anilines is 1. The Bertz CT molecular complexity index is 603. The van der Waals surface area contributed by atoms with Gasteiger partial charge in [0.25, 0.3) is 5.91 Å². The second-order valence-corrected chi connectivity index (χ2v) is 7.07. The Morgan fingerprint density at radius 1 is 1.42 bits per heavy atom. The van der Waals surface area contributed by atoms with Gasteiger partial charge in [0.2, 0.25) is 0 Å². The number of sulfone groups is 1. The Morgan fingerprint density at radius 3 is 2.74 bits per heavy atom. The zero-order valence-electron chi connectivity index (χ0n) is 10.0. The fourth-order valence-corrected chi connectivity index (χ4v) is 3.85. The number of halogens is 1. The molecule has 4 N–H and O–H groups in total. The van der Waals surface area contributed by atoms with Crippen LogP contribution in [-0.4, -0.2) is 31.9 Å². The van der Waals surface area contributed by atoms with Crippen molar-refractivity contribution >= 4 is 33.0 Å². The zero-order valence-corrected chi connectivity index (χ0v) is 11.6. The highest BCUT2D eigenvalue weighted by atomic mass is 35.5. The van der Waals surface area contributed by atoms with Gasteiger partial charge in [0.05, 0.1) is 22.8 Å². The van der Waals surface area contributed by atoms with Gasteiger partial charge >= 0.3 is 0 Å². The molecule has 6 nitrogen and oxygen atoms in total. The summed E-state index contributed by atoms with van der Waals surface area (Å²) in [6.45, 7) is 0. The first-order chi connectivity index (χ1) is 8.91. The van der Waals surface area contributed by atoms with E-state index in [1.807, 2.05) is 0 Å². The van der Waals surface area contributed by atoms with E-state index in [2.05, 4.69) is 10.7 Å². The van der Waals surface area contributed by atoms with Gasteiger partial charge in [0.15, 0.2) is 9.84 Å². The first kappa shape index (κ1) is 14.1. The molecule has 0 saturated carbocycles. The predicted molar refractivity (Wildman–Crippen MR) is 73.8 cm³/mol. The van der Waals surface area contributed by atoms with Crippen molar-refractivity contribution in [3.63, 3.8) is 0 Å². The van der Waals surface area contributed by atoms with Gasteiger partial charge in [-0.25, -0.2) is 8.42 Å². The van der Waals surface area contributed by atoms with Gasteiger partial charge in [0, 0.05) is 11.1 Å². The van der Waals surface area contributed by atoms with E-state index in [4.69, 9.17) is 17.4 Å². The van der Waals surface area contributed by atoms with Crippen LogP contribution in [0.15, 0.2) is 18.2 Å². The summed E-state index contributed by atoms with van der Waals surface area (Å²) in [6.07, 6.45) is 0.431. The summed E-state index contributed by atoms with van der Waals surface area (Å²) < 4.78 is 22.7. The molecule has 1 fully saturated rings. The number of amides is 1. The van der Waals surface area contributed by atoms with Crippen molar-refractivity contribution in [2.24, 2.45) is 5.84 Å². The van der Waals surface area contributed by atoms with Gasteiger partial charge < -0.3 is 10.7 Å². The van der Waals surface area contributed by atoms with Crippen LogP contribution in [0, 0.1) is 0 Å². The van der Waals surface area contributed by atoms with Crippen LogP contribution in [-0.2, 0) is 9.84 Å². The summed E-state index contributed by atoms with van der Waals surface area (Å²) in [6, 6.07) is 4.31. The fourth-order valence-electron chi connectivity index (χ4n) is 2.00. The Hall–Kier alpha value is -1.31. The highest BCUT2D eigenvalue weighted by molar-refractivity contribution is 7.91. The van der Waals surface area contributed by atoms with E-state index in [0.717, 1.165) is 0 Å². The van der Waals surface area contributed by atoms with Gasteiger partial charge in [-0.05, 0) is 24.6 Å². The molecule has 1 amide bonds. The molecule has 1 heterocycles. The molecular formula is C11H14ClN3O3S. The number of carbonyl (C=O) groups is 1. The van der Waals surface area contributed by atoms with Crippen molar-refractivity contribution in [1.29, 1.82) is 0 Å². The molecule has 1 aromatic carbocycles. The smallest absolute Gasteiger partial charge is 0.253 e. The molecule has 0 bridgehead atoms. The largest absolute Gasteiger partial charge is 0.348 e. The van der Waals surface area contributed by atoms with Crippen molar-refractivity contribution in [2.75, 3.05) is 16.9 Å². The first-order valence-corrected chi connectivity index (χ1v) is 7.89. The van der Waals surface area contributed by atoms with Crippen molar-refractivity contribution in [3.8, 4) is 0 Å². The monoisotopic (exact) mass is 303 g/mol. The highest BCUT2D eigenvalue weighted by Crippen LogP contribution is 2.20. The number of hydrogen-bond acceptors (Lipinski definition) is 5. The summed E-state index contributed by atoms with van der Waals surface area (Å²) in [4.78, 5) is 12.1. The minimum absolute atomic E-state index is 0.0231. The molecule has 8 heteroatoms. The van der Waals surface area contributed by atoms with Crippen LogP contribution in [0.1, 0.15) is 16.8 Å². The first-order valence-electron chi connectivity index (χ1n) is 5.69. The lowest BCUT2D eigenvalue weighted by molar-refractivity contribution is 0.0942. The number of nitrogen functional groups attached to an aromatic ring is 1. The molecule has 0 radical (unpaired) electrons. The average Bonchev–Trinajstić information content (AvgIpc) is 2.68. The normalized spacial score (nSPS) is 21.1. The van der Waals surface area contributed by atoms with E-state index in [1.165, 1.54) is 6.07 Å². The fraction of sp³-hybridized carbons (Fsp3) is 0.364. The van der Waals surface area contributed by atoms with Gasteiger partial charge in [0.1, 0.15) is 0 Å². The van der Waals surface area contributed by atoms with E-state index in [1.54, 1.807) is 12.1 Å². The SMILES string of the molecule is NNc1ccc(Cl)cc1C(=O)NC1CCS(=O)(=O)C1. The van der Waals surface area contributed by atoms with E-state index in [0.29, 0.717) is 22.7 Å². The Kier molecular flexibility index (Phi) is 3.98. The van der Waals surface area contributed by atoms with Crippen LogP contribution >= 0.6 is 11.6 Å². The second kappa shape index (κ2) is 5.36. The lowest BCUT2D eigenvalue weighted by Crippen LogP contribution is -2.36. The van der Waals surface area contributed by atoms with Crippen LogP contribution < -0.4 is 16.6 Å². The lowest BCUT2D eigenvalue weighted by Gasteiger charge is -2.13. The molecule has 2 rings (SSSR count). The van der Waals surface area contributed by atoms with Crippen LogP contribution in [0.25, 0.3) is 0 Å². The van der Waals surface area contributed by atoms with E-state index < -0.39 is 15.7 Å². The second-order valence-electron chi connectivity index (χ2n) is 4.41. The third kappa shape index (κ3) is 3.37. The molecule has 1 aliphatic heterocycles. The summed E-state index contributed by atoms with van der Waals surface area (Å²) in [5.74, 6) is 5.01. The number of rotatable bonds is 3. The molecule has 1 unspecified atom stereocenters. The molecule has 104 valence electrons. The molecule has 0 spiro atoms. The topological polar surface area (TPSA) is 101 Å². The van der Waals surface area contributed by atoms with Crippen LogP contribution in [0.4, 0.5) is 5.69 Å². The molecule has 0 aliphatic carbocycles. The molecule has 1 saturated heterocycles. The number of hydrazine groups is 1. The Labute approximate surface area is 116 Å². The quantitative estimate of drug-likeness (QED) is 0.559. The molecule has 19 heavy (non-hydrogen) atoms. The molecule has 0 aromatic heterocycles. The maximum absolute atomic E-state index is 12.1. The zero-order chi connectivity index (χ0) is 14.0. The number of benzene rings is 1. The Morgan fingerprint density at radius 2 is 2.16 bits per heavy atom. The number of hydrogen-bond donors (Lipinski definition) is 3. The van der Waals surface area contributed by atoms with Gasteiger partial charge in [-0.15, -0.1) is 0 Å². The van der Waals surface area contributed by atoms with Crippen LogP contribution in [0.3, 0.4) is 0 Å². The van der Waals surface area contributed by atoms with Crippen molar-refractivity contribution in [2.45, 2.75) is 12.5 Å². The summed E-state index contributed by atoms with van der Waals surface area (Å²) in [5.41, 5.74) is 3.13. The third-order valence-corrected chi connectivity index (χ3v) is 4.95. The summed E-state index contributed by atoms with van der Waals surface area (Å²) >= 11 is 5.84. The lowest BCUT2D eigenvalue weighted by atomic mass is 10.1.